The predicted molar refractivity (Wildman–Crippen MR) is 18.0 cm³/mol. The Morgan fingerprint density at radius 3 is 2.20 bits per heavy atom. The normalized spacial score (nSPS) is 36.6. The first-order valence-electron chi connectivity index (χ1n) is 1.75. The molecule has 30 valence electrons. The van der Waals surface area contributed by atoms with Crippen molar-refractivity contribution in [3.05, 3.63) is 0 Å². The number of nitrogens with one attached hydrogen (secondary N) is 2. The van der Waals surface area contributed by atoms with Crippen molar-refractivity contribution >= 4 is 0 Å². The van der Waals surface area contributed by atoms with Crippen molar-refractivity contribution in [3.63, 3.8) is 0 Å². The lowest BCUT2D eigenvalue weighted by Gasteiger charge is -2.20. The van der Waals surface area contributed by atoms with E-state index < -0.39 is 0 Å². The Hall–Kier alpha value is -0.120. The van der Waals surface area contributed by atoms with Crippen LogP contribution in [-0.4, -0.2) is 13.1 Å². The number of rotatable bonds is 0. The third kappa shape index (κ3) is 0.397. The van der Waals surface area contributed by atoms with E-state index in [9.17, 15) is 0 Å². The van der Waals surface area contributed by atoms with Gasteiger partial charge in [-0.25, -0.2) is 0 Å². The van der Waals surface area contributed by atoms with Gasteiger partial charge >= 0.3 is 0 Å². The minimum absolute atomic E-state index is 0.935. The molecule has 0 aromatic heterocycles. The maximum Gasteiger partial charge on any atom is 0.130 e. The second-order valence-electron chi connectivity index (χ2n) is 1.20. The van der Waals surface area contributed by atoms with Crippen molar-refractivity contribution in [2.75, 3.05) is 13.1 Å². The van der Waals surface area contributed by atoms with Crippen molar-refractivity contribution in [2.45, 2.75) is 0 Å². The van der Waals surface area contributed by atoms with E-state index in [2.05, 4.69) is 5.43 Å². The van der Waals surface area contributed by atoms with E-state index in [0.717, 1.165) is 18.2 Å². The fraction of sp³-hybridized carbons (Fsp3) is 1.00. The number of hydrogen-bond acceptors (Lipinski definition) is 2. The smallest absolute Gasteiger partial charge is 0.130 e. The molecule has 1 atom stereocenters. The molecule has 1 rings (SSSR count). The van der Waals surface area contributed by atoms with E-state index in [1.165, 1.54) is 0 Å². The maximum absolute atomic E-state index is 5.18. The molecule has 4 N–H and O–H groups in total. The van der Waals surface area contributed by atoms with E-state index in [1.807, 2.05) is 0 Å². The van der Waals surface area contributed by atoms with Gasteiger partial charge in [0.25, 0.3) is 0 Å². The van der Waals surface area contributed by atoms with Crippen LogP contribution in [0.1, 0.15) is 0 Å². The van der Waals surface area contributed by atoms with Gasteiger partial charge in [0.2, 0.25) is 0 Å². The lowest BCUT2D eigenvalue weighted by Crippen LogP contribution is -3.30. The maximum atomic E-state index is 5.18. The van der Waals surface area contributed by atoms with Crippen LogP contribution < -0.4 is 16.4 Å². The average molecular weight is 74.1 g/mol. The first kappa shape index (κ1) is 3.08. The fourth-order valence-electron chi connectivity index (χ4n) is 0.269. The summed E-state index contributed by atoms with van der Waals surface area (Å²) >= 11 is 0. The van der Waals surface area contributed by atoms with Crippen LogP contribution in [-0.2, 0) is 0 Å². The van der Waals surface area contributed by atoms with Gasteiger partial charge in [-0.15, -0.1) is 5.43 Å². The number of hydrogen-bond donors (Lipinski definition) is 3. The molecule has 1 aliphatic heterocycles. The third-order valence-electron chi connectivity index (χ3n) is 0.746. The van der Waals surface area contributed by atoms with E-state index in [-0.39, 0.29) is 0 Å². The van der Waals surface area contributed by atoms with E-state index in [1.54, 1.807) is 0 Å². The molecule has 0 aliphatic carbocycles. The van der Waals surface area contributed by atoms with Crippen LogP contribution in [0.3, 0.4) is 0 Å². The Bertz CT molecular complexity index is 31.9. The van der Waals surface area contributed by atoms with Crippen LogP contribution >= 0.6 is 0 Å². The lowest BCUT2D eigenvalue weighted by atomic mass is 10.6. The van der Waals surface area contributed by atoms with Crippen LogP contribution in [0.5, 0.6) is 0 Å². The van der Waals surface area contributed by atoms with Crippen molar-refractivity contribution in [1.29, 1.82) is 0 Å². The SMILES string of the molecule is N[NH+]1CCN1. The highest BCUT2D eigenvalue weighted by Crippen LogP contribution is 1.45. The molecule has 3 nitrogen and oxygen atoms in total. The molecular weight excluding hydrogens is 66.0 g/mol. The Morgan fingerprint density at radius 1 is 1.80 bits per heavy atom. The van der Waals surface area contributed by atoms with Crippen LogP contribution in [0.25, 0.3) is 0 Å². The highest BCUT2D eigenvalue weighted by atomic mass is 15.7. The summed E-state index contributed by atoms with van der Waals surface area (Å²) < 4.78 is 0. The van der Waals surface area contributed by atoms with Gasteiger partial charge in [0.15, 0.2) is 0 Å². The molecule has 3 heteroatoms. The van der Waals surface area contributed by atoms with E-state index in [0.29, 0.717) is 0 Å². The van der Waals surface area contributed by atoms with Crippen LogP contribution in [0.2, 0.25) is 0 Å². The van der Waals surface area contributed by atoms with Crippen molar-refractivity contribution in [2.24, 2.45) is 5.84 Å². The van der Waals surface area contributed by atoms with E-state index >= 15 is 0 Å². The summed E-state index contributed by atoms with van der Waals surface area (Å²) in [6.45, 7) is 2.14. The Labute approximate surface area is 30.7 Å². The highest BCUT2D eigenvalue weighted by molar-refractivity contribution is 4.31. The fourth-order valence-corrected chi connectivity index (χ4v) is 0.269. The average Bonchev–Trinajstić information content (AvgIpc) is 1.30. The Balaban J connectivity index is 2.08. The Morgan fingerprint density at radius 2 is 2.20 bits per heavy atom. The summed E-state index contributed by atoms with van der Waals surface area (Å²) in [6.07, 6.45) is 0. The lowest BCUT2D eigenvalue weighted by molar-refractivity contribution is -0.996. The van der Waals surface area contributed by atoms with Gasteiger partial charge in [-0.2, -0.15) is 11.0 Å². The highest BCUT2D eigenvalue weighted by Gasteiger charge is 2.10. The molecule has 0 radical (unpaired) electrons. The van der Waals surface area contributed by atoms with Gasteiger partial charge in [-0.3, -0.25) is 0 Å². The summed E-state index contributed by atoms with van der Waals surface area (Å²) in [5.74, 6) is 5.18. The van der Waals surface area contributed by atoms with Gasteiger partial charge in [0.05, 0.1) is 6.54 Å². The van der Waals surface area contributed by atoms with Gasteiger partial charge < -0.3 is 0 Å². The molecule has 1 heterocycles. The summed E-state index contributed by atoms with van der Waals surface area (Å²) in [6, 6.07) is 0. The zero-order valence-corrected chi connectivity index (χ0v) is 2.99. The van der Waals surface area contributed by atoms with Crippen LogP contribution in [0.4, 0.5) is 0 Å². The molecule has 0 bridgehead atoms. The summed E-state index contributed by atoms with van der Waals surface area (Å²) in [7, 11) is 0. The third-order valence-corrected chi connectivity index (χ3v) is 0.746. The number of quaternary nitrogens is 1. The first-order valence-corrected chi connectivity index (χ1v) is 1.75. The zero-order chi connectivity index (χ0) is 3.70. The minimum atomic E-state index is 0.935. The monoisotopic (exact) mass is 74.1 g/mol. The van der Waals surface area contributed by atoms with Crippen LogP contribution in [0.15, 0.2) is 0 Å². The Kier molecular flexibility index (Phi) is 0.574. The zero-order valence-electron chi connectivity index (χ0n) is 2.99. The summed E-state index contributed by atoms with van der Waals surface area (Å²) in [4.78, 5) is 0. The van der Waals surface area contributed by atoms with Gasteiger partial charge in [-0.1, -0.05) is 0 Å². The molecule has 1 fully saturated rings. The van der Waals surface area contributed by atoms with Crippen molar-refractivity contribution in [1.82, 2.24) is 5.43 Å². The second-order valence-corrected chi connectivity index (χ2v) is 1.20. The molecule has 1 saturated heterocycles. The van der Waals surface area contributed by atoms with Crippen molar-refractivity contribution < 1.29 is 5.12 Å². The molecule has 0 saturated carbocycles. The van der Waals surface area contributed by atoms with Gasteiger partial charge in [0.1, 0.15) is 6.54 Å². The predicted octanol–water partition coefficient (Wildman–Crippen LogP) is -2.74. The molecule has 1 unspecified atom stereocenters. The second kappa shape index (κ2) is 0.931. The standard InChI is InChI=1S/C2H7N3/c3-5-2-1-4-5/h4H,1-3H2/p+1. The summed E-state index contributed by atoms with van der Waals surface area (Å²) in [5, 5.41) is 0.935. The minimum Gasteiger partial charge on any atom is -0.183 e. The molecule has 5 heavy (non-hydrogen) atoms. The first-order chi connectivity index (χ1) is 2.39. The molecule has 0 amide bonds. The molecule has 0 aromatic rings. The van der Waals surface area contributed by atoms with E-state index in [4.69, 9.17) is 5.84 Å². The molecule has 0 spiro atoms. The molecule has 1 aliphatic rings. The van der Waals surface area contributed by atoms with Gasteiger partial charge in [-0.05, 0) is 0 Å². The van der Waals surface area contributed by atoms with Gasteiger partial charge in [0, 0.05) is 0 Å². The summed E-state index contributed by atoms with van der Waals surface area (Å²) in [5.41, 5.74) is 2.90. The quantitative estimate of drug-likeness (QED) is 0.273. The molecule has 0 aromatic carbocycles. The van der Waals surface area contributed by atoms with Crippen LogP contribution in [0, 0.1) is 0 Å². The largest absolute Gasteiger partial charge is 0.183 e. The topological polar surface area (TPSA) is 42.5 Å². The molecular formula is C2H8N3+. The van der Waals surface area contributed by atoms with Crippen molar-refractivity contribution in [3.8, 4) is 0 Å². The number of nitrogens with two attached hydrogens (primary N) is 1.